The molecular formula is C14H19NO2. The Morgan fingerprint density at radius 3 is 2.88 bits per heavy atom. The highest BCUT2D eigenvalue weighted by Gasteiger charge is 2.08. The van der Waals surface area contributed by atoms with E-state index in [0.29, 0.717) is 6.42 Å². The summed E-state index contributed by atoms with van der Waals surface area (Å²) in [4.78, 5) is 4.53. The van der Waals surface area contributed by atoms with Crippen LogP contribution in [0.4, 0.5) is 0 Å². The molecule has 0 spiro atoms. The van der Waals surface area contributed by atoms with Crippen molar-refractivity contribution >= 4 is 11.1 Å². The van der Waals surface area contributed by atoms with Crippen LogP contribution in [0.1, 0.15) is 37.6 Å². The Bertz CT molecular complexity index is 476. The van der Waals surface area contributed by atoms with Crippen molar-refractivity contribution < 1.29 is 9.52 Å². The van der Waals surface area contributed by atoms with Crippen molar-refractivity contribution in [3.05, 3.63) is 29.7 Å². The van der Waals surface area contributed by atoms with Gasteiger partial charge in [-0.25, -0.2) is 4.98 Å². The minimum atomic E-state index is 0.150. The van der Waals surface area contributed by atoms with Gasteiger partial charge in [0.1, 0.15) is 5.52 Å². The van der Waals surface area contributed by atoms with Gasteiger partial charge in [-0.15, -0.1) is 0 Å². The molecule has 1 N–H and O–H groups in total. The number of aromatic nitrogens is 1. The Balaban J connectivity index is 2.20. The Kier molecular flexibility index (Phi) is 4.15. The van der Waals surface area contributed by atoms with Gasteiger partial charge < -0.3 is 9.52 Å². The van der Waals surface area contributed by atoms with E-state index in [-0.39, 0.29) is 6.61 Å². The predicted octanol–water partition coefficient (Wildman–Crippen LogP) is 3.10. The highest BCUT2D eigenvalue weighted by molar-refractivity contribution is 5.76. The minimum Gasteiger partial charge on any atom is -0.441 e. The molecule has 0 aliphatic rings. The van der Waals surface area contributed by atoms with E-state index in [1.54, 1.807) is 0 Å². The van der Waals surface area contributed by atoms with E-state index in [4.69, 9.17) is 9.52 Å². The summed E-state index contributed by atoms with van der Waals surface area (Å²) in [6.07, 6.45) is 5.08. The molecule has 0 atom stereocenters. The molecule has 0 radical (unpaired) electrons. The van der Waals surface area contributed by atoms with Gasteiger partial charge in [0, 0.05) is 13.0 Å². The number of rotatable bonds is 6. The first-order valence-corrected chi connectivity index (χ1v) is 6.33. The van der Waals surface area contributed by atoms with E-state index in [0.717, 1.165) is 35.4 Å². The van der Waals surface area contributed by atoms with Crippen molar-refractivity contribution in [2.75, 3.05) is 6.61 Å². The van der Waals surface area contributed by atoms with Crippen LogP contribution in [0.3, 0.4) is 0 Å². The summed E-state index contributed by atoms with van der Waals surface area (Å²) in [5.74, 6) is 0.818. The first-order valence-electron chi connectivity index (χ1n) is 6.33. The lowest BCUT2D eigenvalue weighted by Crippen LogP contribution is -1.91. The molecule has 0 unspecified atom stereocenters. The monoisotopic (exact) mass is 233 g/mol. The van der Waals surface area contributed by atoms with E-state index in [2.05, 4.69) is 11.9 Å². The largest absolute Gasteiger partial charge is 0.441 e. The van der Waals surface area contributed by atoms with E-state index in [9.17, 15) is 0 Å². The lowest BCUT2D eigenvalue weighted by atomic mass is 10.1. The molecule has 0 amide bonds. The molecule has 0 saturated carbocycles. The Hall–Kier alpha value is -1.35. The SMILES string of the molecule is CCCCCc1nc2c(CCO)cccc2o1. The van der Waals surface area contributed by atoms with Gasteiger partial charge >= 0.3 is 0 Å². The van der Waals surface area contributed by atoms with Crippen molar-refractivity contribution in [1.29, 1.82) is 0 Å². The summed E-state index contributed by atoms with van der Waals surface area (Å²) in [6.45, 7) is 2.34. The lowest BCUT2D eigenvalue weighted by Gasteiger charge is -1.96. The number of oxazole rings is 1. The number of para-hydroxylation sites is 1. The van der Waals surface area contributed by atoms with Crippen molar-refractivity contribution in [2.45, 2.75) is 39.0 Å². The number of nitrogens with zero attached hydrogens (tertiary/aromatic N) is 1. The number of hydrogen-bond acceptors (Lipinski definition) is 3. The molecule has 0 bridgehead atoms. The summed E-state index contributed by atoms with van der Waals surface area (Å²) in [7, 11) is 0. The Labute approximate surface area is 101 Å². The van der Waals surface area contributed by atoms with Crippen LogP contribution in [-0.2, 0) is 12.8 Å². The number of aliphatic hydroxyl groups is 1. The van der Waals surface area contributed by atoms with Crippen LogP contribution in [0, 0.1) is 0 Å². The summed E-state index contributed by atoms with van der Waals surface area (Å²) in [6, 6.07) is 5.89. The fourth-order valence-corrected chi connectivity index (χ4v) is 2.01. The number of fused-ring (bicyclic) bond motifs is 1. The molecule has 3 nitrogen and oxygen atoms in total. The molecule has 2 aromatic rings. The van der Waals surface area contributed by atoms with Crippen LogP contribution in [0.15, 0.2) is 22.6 Å². The van der Waals surface area contributed by atoms with Crippen LogP contribution in [0.5, 0.6) is 0 Å². The second-order valence-electron chi connectivity index (χ2n) is 4.30. The van der Waals surface area contributed by atoms with Crippen LogP contribution in [0.2, 0.25) is 0 Å². The Morgan fingerprint density at radius 1 is 1.24 bits per heavy atom. The summed E-state index contributed by atoms with van der Waals surface area (Å²) in [5, 5.41) is 9.00. The number of unbranched alkanes of at least 4 members (excludes halogenated alkanes) is 2. The molecule has 1 aromatic heterocycles. The maximum atomic E-state index is 9.00. The van der Waals surface area contributed by atoms with Gasteiger partial charge in [-0.1, -0.05) is 31.9 Å². The predicted molar refractivity (Wildman–Crippen MR) is 68.0 cm³/mol. The number of benzene rings is 1. The second-order valence-corrected chi connectivity index (χ2v) is 4.30. The minimum absolute atomic E-state index is 0.150. The molecule has 1 aromatic carbocycles. The van der Waals surface area contributed by atoms with Crippen LogP contribution < -0.4 is 0 Å². The zero-order valence-electron chi connectivity index (χ0n) is 10.3. The molecule has 0 aliphatic heterocycles. The number of aryl methyl sites for hydroxylation is 1. The topological polar surface area (TPSA) is 46.3 Å². The van der Waals surface area contributed by atoms with E-state index >= 15 is 0 Å². The normalized spacial score (nSPS) is 11.2. The summed E-state index contributed by atoms with van der Waals surface area (Å²) >= 11 is 0. The first kappa shape index (κ1) is 12.1. The third-order valence-corrected chi connectivity index (χ3v) is 2.92. The van der Waals surface area contributed by atoms with Gasteiger partial charge in [0.05, 0.1) is 0 Å². The van der Waals surface area contributed by atoms with Crippen molar-refractivity contribution in [2.24, 2.45) is 0 Å². The zero-order chi connectivity index (χ0) is 12.1. The van der Waals surface area contributed by atoms with Crippen LogP contribution >= 0.6 is 0 Å². The van der Waals surface area contributed by atoms with Crippen molar-refractivity contribution in [1.82, 2.24) is 4.98 Å². The first-order chi connectivity index (χ1) is 8.35. The van der Waals surface area contributed by atoms with E-state index in [1.807, 2.05) is 18.2 Å². The van der Waals surface area contributed by atoms with Crippen molar-refractivity contribution in [3.8, 4) is 0 Å². The van der Waals surface area contributed by atoms with Crippen LogP contribution in [0.25, 0.3) is 11.1 Å². The van der Waals surface area contributed by atoms with Gasteiger partial charge in [-0.2, -0.15) is 0 Å². The molecule has 0 saturated heterocycles. The van der Waals surface area contributed by atoms with Gasteiger partial charge in [-0.3, -0.25) is 0 Å². The maximum absolute atomic E-state index is 9.00. The highest BCUT2D eigenvalue weighted by atomic mass is 16.3. The average Bonchev–Trinajstić information content (AvgIpc) is 2.74. The van der Waals surface area contributed by atoms with Crippen LogP contribution in [-0.4, -0.2) is 16.7 Å². The molecule has 1 heterocycles. The smallest absolute Gasteiger partial charge is 0.195 e. The van der Waals surface area contributed by atoms with Gasteiger partial charge in [0.2, 0.25) is 0 Å². The Morgan fingerprint density at radius 2 is 2.12 bits per heavy atom. The molecule has 3 heteroatoms. The van der Waals surface area contributed by atoms with Gasteiger partial charge in [0.15, 0.2) is 11.5 Å². The van der Waals surface area contributed by atoms with E-state index < -0.39 is 0 Å². The molecule has 2 rings (SSSR count). The lowest BCUT2D eigenvalue weighted by molar-refractivity contribution is 0.300. The summed E-state index contributed by atoms with van der Waals surface area (Å²) < 4.78 is 5.71. The molecule has 0 aliphatic carbocycles. The number of hydrogen-bond donors (Lipinski definition) is 1. The highest BCUT2D eigenvalue weighted by Crippen LogP contribution is 2.21. The van der Waals surface area contributed by atoms with Gasteiger partial charge in [0.25, 0.3) is 0 Å². The quantitative estimate of drug-likeness (QED) is 0.780. The van der Waals surface area contributed by atoms with Crippen molar-refractivity contribution in [3.63, 3.8) is 0 Å². The fraction of sp³-hybridized carbons (Fsp3) is 0.500. The third kappa shape index (κ3) is 2.86. The summed E-state index contributed by atoms with van der Waals surface area (Å²) in [5.41, 5.74) is 2.81. The molecular weight excluding hydrogens is 214 g/mol. The molecule has 0 fully saturated rings. The maximum Gasteiger partial charge on any atom is 0.195 e. The fourth-order valence-electron chi connectivity index (χ4n) is 2.01. The average molecular weight is 233 g/mol. The van der Waals surface area contributed by atoms with Gasteiger partial charge in [-0.05, 0) is 24.5 Å². The zero-order valence-corrected chi connectivity index (χ0v) is 10.3. The third-order valence-electron chi connectivity index (χ3n) is 2.92. The standard InChI is InChI=1S/C14H19NO2/c1-2-3-4-8-13-15-14-11(9-10-16)6-5-7-12(14)17-13/h5-7,16H,2-4,8-10H2,1H3. The van der Waals surface area contributed by atoms with E-state index in [1.165, 1.54) is 12.8 Å². The second kappa shape index (κ2) is 5.82. The number of aliphatic hydroxyl groups excluding tert-OH is 1. The molecule has 17 heavy (non-hydrogen) atoms. The molecule has 92 valence electrons.